The first-order chi connectivity index (χ1) is 7.34. The van der Waals surface area contributed by atoms with Crippen molar-refractivity contribution in [3.8, 4) is 0 Å². The Labute approximate surface area is 92.4 Å². The van der Waals surface area contributed by atoms with Crippen LogP contribution in [0.3, 0.4) is 0 Å². The Morgan fingerprint density at radius 1 is 1.27 bits per heavy atom. The molecule has 2 rings (SSSR count). The summed E-state index contributed by atoms with van der Waals surface area (Å²) in [5.74, 6) is 0.811. The Bertz CT molecular complexity index is 412. The fraction of sp³-hybridized carbons (Fsp3) is 0.300. The number of aromatic nitrogens is 3. The van der Waals surface area contributed by atoms with Crippen LogP contribution in [0.5, 0.6) is 0 Å². The molecule has 5 heteroatoms. The Morgan fingerprint density at radius 2 is 2.20 bits per heavy atom. The largest absolute Gasteiger partial charge is 0.368 e. The predicted molar refractivity (Wildman–Crippen MR) is 61.1 cm³/mol. The summed E-state index contributed by atoms with van der Waals surface area (Å²) in [6.07, 6.45) is 7.88. The van der Waals surface area contributed by atoms with Crippen LogP contribution in [0.4, 0.5) is 5.82 Å². The van der Waals surface area contributed by atoms with Crippen LogP contribution in [0.1, 0.15) is 9.88 Å². The van der Waals surface area contributed by atoms with E-state index in [0.717, 1.165) is 23.8 Å². The fourth-order valence-electron chi connectivity index (χ4n) is 1.20. The van der Waals surface area contributed by atoms with Gasteiger partial charge in [0.25, 0.3) is 0 Å². The van der Waals surface area contributed by atoms with E-state index in [1.54, 1.807) is 29.9 Å². The Kier molecular flexibility index (Phi) is 3.24. The molecule has 78 valence electrons. The van der Waals surface area contributed by atoms with Crippen molar-refractivity contribution in [1.29, 1.82) is 0 Å². The van der Waals surface area contributed by atoms with E-state index in [-0.39, 0.29) is 0 Å². The monoisotopic (exact) mass is 220 g/mol. The highest BCUT2D eigenvalue weighted by molar-refractivity contribution is 7.11. The van der Waals surface area contributed by atoms with Crippen LogP contribution in [0, 0.1) is 6.92 Å². The standard InChI is InChI=1S/C10H12N4S/c1-8-6-14-10(15-8)2-3-12-9-7-11-4-5-13-9/h4-7H,2-3H2,1H3,(H,12,13). The average molecular weight is 220 g/mol. The van der Waals surface area contributed by atoms with Crippen molar-refractivity contribution < 1.29 is 0 Å². The zero-order valence-corrected chi connectivity index (χ0v) is 9.29. The molecule has 0 atom stereocenters. The number of aryl methyl sites for hydroxylation is 1. The van der Waals surface area contributed by atoms with Gasteiger partial charge in [0, 0.05) is 36.4 Å². The van der Waals surface area contributed by atoms with Gasteiger partial charge in [-0.3, -0.25) is 4.98 Å². The van der Waals surface area contributed by atoms with E-state index >= 15 is 0 Å². The molecule has 0 saturated heterocycles. The van der Waals surface area contributed by atoms with Gasteiger partial charge in [-0.25, -0.2) is 9.97 Å². The third-order valence-electron chi connectivity index (χ3n) is 1.88. The van der Waals surface area contributed by atoms with Crippen molar-refractivity contribution in [2.45, 2.75) is 13.3 Å². The van der Waals surface area contributed by atoms with Crippen molar-refractivity contribution in [1.82, 2.24) is 15.0 Å². The van der Waals surface area contributed by atoms with E-state index in [1.165, 1.54) is 4.88 Å². The summed E-state index contributed by atoms with van der Waals surface area (Å²) < 4.78 is 0. The molecule has 0 aliphatic rings. The van der Waals surface area contributed by atoms with Crippen molar-refractivity contribution in [2.24, 2.45) is 0 Å². The second-order valence-electron chi connectivity index (χ2n) is 3.13. The van der Waals surface area contributed by atoms with E-state index in [2.05, 4.69) is 27.2 Å². The minimum atomic E-state index is 0.811. The van der Waals surface area contributed by atoms with E-state index in [9.17, 15) is 0 Å². The van der Waals surface area contributed by atoms with Crippen molar-refractivity contribution >= 4 is 17.2 Å². The molecule has 2 aromatic heterocycles. The summed E-state index contributed by atoms with van der Waals surface area (Å²) in [4.78, 5) is 13.6. The molecule has 0 spiro atoms. The summed E-state index contributed by atoms with van der Waals surface area (Å²) in [5.41, 5.74) is 0. The molecule has 0 aliphatic heterocycles. The summed E-state index contributed by atoms with van der Waals surface area (Å²) >= 11 is 1.74. The number of nitrogens with zero attached hydrogens (tertiary/aromatic N) is 3. The van der Waals surface area contributed by atoms with Gasteiger partial charge in [-0.15, -0.1) is 11.3 Å². The Hall–Kier alpha value is -1.49. The molecular formula is C10H12N4S. The quantitative estimate of drug-likeness (QED) is 0.855. The molecule has 0 aromatic carbocycles. The molecule has 1 N–H and O–H groups in total. The van der Waals surface area contributed by atoms with Gasteiger partial charge in [0.15, 0.2) is 0 Å². The van der Waals surface area contributed by atoms with Crippen molar-refractivity contribution in [3.63, 3.8) is 0 Å². The van der Waals surface area contributed by atoms with Crippen LogP contribution in [0.25, 0.3) is 0 Å². The molecule has 0 radical (unpaired) electrons. The van der Waals surface area contributed by atoms with Crippen LogP contribution in [-0.2, 0) is 6.42 Å². The maximum Gasteiger partial charge on any atom is 0.144 e. The molecule has 0 saturated carbocycles. The zero-order chi connectivity index (χ0) is 10.5. The lowest BCUT2D eigenvalue weighted by Crippen LogP contribution is -2.05. The molecular weight excluding hydrogens is 208 g/mol. The SMILES string of the molecule is Cc1cnc(CCNc2cnccn2)s1. The highest BCUT2D eigenvalue weighted by Crippen LogP contribution is 2.11. The molecule has 4 nitrogen and oxygen atoms in total. The molecule has 0 bridgehead atoms. The lowest BCUT2D eigenvalue weighted by Gasteiger charge is -2.01. The minimum absolute atomic E-state index is 0.811. The highest BCUT2D eigenvalue weighted by atomic mass is 32.1. The number of hydrogen-bond acceptors (Lipinski definition) is 5. The zero-order valence-electron chi connectivity index (χ0n) is 8.47. The molecule has 0 fully saturated rings. The highest BCUT2D eigenvalue weighted by Gasteiger charge is 1.98. The van der Waals surface area contributed by atoms with Gasteiger partial charge < -0.3 is 5.32 Å². The van der Waals surface area contributed by atoms with Crippen LogP contribution in [0.15, 0.2) is 24.8 Å². The summed E-state index contributed by atoms with van der Waals surface area (Å²) in [6.45, 7) is 2.91. The van der Waals surface area contributed by atoms with Gasteiger partial charge in [-0.05, 0) is 6.92 Å². The molecule has 2 heterocycles. The van der Waals surface area contributed by atoms with Gasteiger partial charge in [0.1, 0.15) is 5.82 Å². The van der Waals surface area contributed by atoms with Gasteiger partial charge in [0.05, 0.1) is 11.2 Å². The number of nitrogens with one attached hydrogen (secondary N) is 1. The molecule has 15 heavy (non-hydrogen) atoms. The summed E-state index contributed by atoms with van der Waals surface area (Å²) in [5, 5.41) is 4.35. The van der Waals surface area contributed by atoms with E-state index in [0.29, 0.717) is 0 Å². The maximum atomic E-state index is 4.29. The van der Waals surface area contributed by atoms with Gasteiger partial charge in [-0.2, -0.15) is 0 Å². The van der Waals surface area contributed by atoms with Crippen molar-refractivity contribution in [3.05, 3.63) is 34.7 Å². The van der Waals surface area contributed by atoms with Gasteiger partial charge >= 0.3 is 0 Å². The Morgan fingerprint density at radius 3 is 2.87 bits per heavy atom. The van der Waals surface area contributed by atoms with E-state index in [1.807, 2.05) is 6.20 Å². The predicted octanol–water partition coefficient (Wildman–Crippen LogP) is 1.90. The van der Waals surface area contributed by atoms with E-state index < -0.39 is 0 Å². The number of anilines is 1. The number of thiazole rings is 1. The normalized spacial score (nSPS) is 10.2. The molecule has 0 unspecified atom stereocenters. The molecule has 0 amide bonds. The second kappa shape index (κ2) is 4.84. The first kappa shape index (κ1) is 10.0. The molecule has 2 aromatic rings. The van der Waals surface area contributed by atoms with Crippen LogP contribution in [-0.4, -0.2) is 21.5 Å². The number of hydrogen-bond donors (Lipinski definition) is 1. The van der Waals surface area contributed by atoms with E-state index in [4.69, 9.17) is 0 Å². The average Bonchev–Trinajstić information content (AvgIpc) is 2.66. The smallest absolute Gasteiger partial charge is 0.144 e. The topological polar surface area (TPSA) is 50.7 Å². The first-order valence-corrected chi connectivity index (χ1v) is 5.57. The van der Waals surface area contributed by atoms with Crippen LogP contribution < -0.4 is 5.32 Å². The second-order valence-corrected chi connectivity index (χ2v) is 4.45. The van der Waals surface area contributed by atoms with Crippen molar-refractivity contribution in [2.75, 3.05) is 11.9 Å². The van der Waals surface area contributed by atoms with Crippen LogP contribution >= 0.6 is 11.3 Å². The fourth-order valence-corrected chi connectivity index (χ4v) is 1.99. The summed E-state index contributed by atoms with van der Waals surface area (Å²) in [7, 11) is 0. The first-order valence-electron chi connectivity index (χ1n) is 4.76. The number of rotatable bonds is 4. The Balaban J connectivity index is 1.80. The lowest BCUT2D eigenvalue weighted by atomic mass is 10.4. The summed E-state index contributed by atoms with van der Waals surface area (Å²) in [6, 6.07) is 0. The van der Waals surface area contributed by atoms with Gasteiger partial charge in [0.2, 0.25) is 0 Å². The third-order valence-corrected chi connectivity index (χ3v) is 2.85. The van der Waals surface area contributed by atoms with Crippen LogP contribution in [0.2, 0.25) is 0 Å². The third kappa shape index (κ3) is 2.99. The molecule has 0 aliphatic carbocycles. The lowest BCUT2D eigenvalue weighted by molar-refractivity contribution is 0.982. The van der Waals surface area contributed by atoms with Gasteiger partial charge in [-0.1, -0.05) is 0 Å². The maximum absolute atomic E-state index is 4.29. The minimum Gasteiger partial charge on any atom is -0.368 e.